The molecule has 1 aromatic heterocycles. The number of carbonyl (C=O) groups excluding carboxylic acids is 1. The number of carbonyl (C=O) groups is 1. The van der Waals surface area contributed by atoms with Crippen LogP contribution < -0.4 is 10.9 Å². The first kappa shape index (κ1) is 21.6. The average Bonchev–Trinajstić information content (AvgIpc) is 2.79. The minimum atomic E-state index is -0.0772. The van der Waals surface area contributed by atoms with Crippen LogP contribution in [-0.2, 0) is 11.2 Å². The highest BCUT2D eigenvalue weighted by Crippen LogP contribution is 2.31. The fourth-order valence-electron chi connectivity index (χ4n) is 4.40. The lowest BCUT2D eigenvalue weighted by atomic mass is 9.95. The Hall–Kier alpha value is -2.60. The number of rotatable bonds is 6. The van der Waals surface area contributed by atoms with Crippen LogP contribution >= 0.6 is 11.8 Å². The minimum absolute atomic E-state index is 0.00702. The summed E-state index contributed by atoms with van der Waals surface area (Å²) in [5.74, 6) is 0.140. The van der Waals surface area contributed by atoms with Gasteiger partial charge in [0, 0.05) is 11.7 Å². The number of benzene rings is 2. The molecule has 0 unspecified atom stereocenters. The fraction of sp³-hybridized carbons (Fsp3) is 0.400. The van der Waals surface area contributed by atoms with Crippen molar-refractivity contribution in [3.63, 3.8) is 0 Å². The molecule has 0 saturated heterocycles. The summed E-state index contributed by atoms with van der Waals surface area (Å²) in [6.45, 7) is 4.09. The maximum Gasteiger partial charge on any atom is 0.262 e. The number of amides is 1. The highest BCUT2D eigenvalue weighted by molar-refractivity contribution is 7.99. The molecule has 1 N–H and O–H groups in total. The number of aromatic nitrogens is 2. The van der Waals surface area contributed by atoms with Crippen molar-refractivity contribution in [3.8, 4) is 0 Å². The number of hydrogen-bond donors (Lipinski definition) is 1. The van der Waals surface area contributed by atoms with Gasteiger partial charge in [-0.05, 0) is 49.4 Å². The number of aryl methyl sites for hydroxylation is 2. The fourth-order valence-corrected chi connectivity index (χ4v) is 5.26. The molecule has 1 fully saturated rings. The lowest BCUT2D eigenvalue weighted by Gasteiger charge is -2.26. The SMILES string of the molecule is CCc1cccc(C)c1NC(=O)CSc1nc2ccccc2c(=O)n1C1CCCCC1. The van der Waals surface area contributed by atoms with Gasteiger partial charge in [0.15, 0.2) is 5.16 Å². The van der Waals surface area contributed by atoms with E-state index in [9.17, 15) is 9.59 Å². The zero-order chi connectivity index (χ0) is 21.8. The van der Waals surface area contributed by atoms with E-state index >= 15 is 0 Å². The number of fused-ring (bicyclic) bond motifs is 1. The molecule has 31 heavy (non-hydrogen) atoms. The molecule has 0 atom stereocenters. The van der Waals surface area contributed by atoms with E-state index in [0.717, 1.165) is 48.9 Å². The lowest BCUT2D eigenvalue weighted by molar-refractivity contribution is -0.113. The quantitative estimate of drug-likeness (QED) is 0.410. The topological polar surface area (TPSA) is 64.0 Å². The van der Waals surface area contributed by atoms with E-state index in [1.807, 2.05) is 54.0 Å². The van der Waals surface area contributed by atoms with E-state index < -0.39 is 0 Å². The van der Waals surface area contributed by atoms with E-state index in [0.29, 0.717) is 16.1 Å². The van der Waals surface area contributed by atoms with Crippen molar-refractivity contribution in [1.29, 1.82) is 0 Å². The van der Waals surface area contributed by atoms with E-state index in [-0.39, 0.29) is 23.3 Å². The average molecular weight is 436 g/mol. The van der Waals surface area contributed by atoms with Crippen molar-refractivity contribution < 1.29 is 4.79 Å². The van der Waals surface area contributed by atoms with Gasteiger partial charge in [-0.25, -0.2) is 4.98 Å². The molecule has 6 heteroatoms. The third-order valence-corrected chi connectivity index (χ3v) is 7.00. The van der Waals surface area contributed by atoms with Crippen molar-refractivity contribution in [1.82, 2.24) is 9.55 Å². The van der Waals surface area contributed by atoms with Gasteiger partial charge in [0.05, 0.1) is 16.7 Å². The van der Waals surface area contributed by atoms with Crippen LogP contribution in [-0.4, -0.2) is 21.2 Å². The molecule has 1 aliphatic carbocycles. The molecule has 0 spiro atoms. The van der Waals surface area contributed by atoms with Crippen molar-refractivity contribution in [2.75, 3.05) is 11.1 Å². The Morgan fingerprint density at radius 1 is 1.13 bits per heavy atom. The molecule has 2 aromatic carbocycles. The van der Waals surface area contributed by atoms with Gasteiger partial charge in [0.25, 0.3) is 5.56 Å². The van der Waals surface area contributed by atoms with E-state index in [1.165, 1.54) is 18.2 Å². The van der Waals surface area contributed by atoms with Crippen LogP contribution in [0.5, 0.6) is 0 Å². The number of anilines is 1. The predicted octanol–water partition coefficient (Wildman–Crippen LogP) is 5.50. The van der Waals surface area contributed by atoms with Crippen LogP contribution in [0.15, 0.2) is 52.4 Å². The number of nitrogens with one attached hydrogen (secondary N) is 1. The molecular formula is C25H29N3O2S. The molecule has 1 aliphatic rings. The summed E-state index contributed by atoms with van der Waals surface area (Å²) < 4.78 is 1.85. The van der Waals surface area contributed by atoms with Crippen LogP contribution in [0, 0.1) is 6.92 Å². The second kappa shape index (κ2) is 9.69. The molecule has 0 bridgehead atoms. The van der Waals surface area contributed by atoms with Gasteiger partial charge in [-0.15, -0.1) is 0 Å². The maximum absolute atomic E-state index is 13.3. The first-order valence-corrected chi connectivity index (χ1v) is 12.1. The molecule has 1 heterocycles. The molecule has 1 amide bonds. The summed E-state index contributed by atoms with van der Waals surface area (Å²) >= 11 is 1.36. The molecule has 5 nitrogen and oxygen atoms in total. The standard InChI is InChI=1S/C25H29N3O2S/c1-3-18-11-9-10-17(2)23(18)27-22(29)16-31-25-26-21-15-8-7-14-20(21)24(30)28(25)19-12-5-4-6-13-19/h7-11,14-15,19H,3-6,12-13,16H2,1-2H3,(H,27,29). The Bertz CT molecular complexity index is 1150. The summed E-state index contributed by atoms with van der Waals surface area (Å²) in [6.07, 6.45) is 6.31. The van der Waals surface area contributed by atoms with Gasteiger partial charge in [0.2, 0.25) is 5.91 Å². The van der Waals surface area contributed by atoms with Gasteiger partial charge >= 0.3 is 0 Å². The van der Waals surface area contributed by atoms with Crippen molar-refractivity contribution in [2.24, 2.45) is 0 Å². The number of thioether (sulfide) groups is 1. The summed E-state index contributed by atoms with van der Waals surface area (Å²) in [7, 11) is 0. The monoisotopic (exact) mass is 435 g/mol. The molecule has 4 rings (SSSR count). The van der Waals surface area contributed by atoms with Gasteiger partial charge in [-0.2, -0.15) is 0 Å². The van der Waals surface area contributed by atoms with E-state index in [4.69, 9.17) is 4.98 Å². The molecule has 0 aliphatic heterocycles. The third-order valence-electron chi connectivity index (χ3n) is 6.05. The van der Waals surface area contributed by atoms with Crippen LogP contribution in [0.1, 0.15) is 56.2 Å². The number of hydrogen-bond acceptors (Lipinski definition) is 4. The van der Waals surface area contributed by atoms with Crippen LogP contribution in [0.3, 0.4) is 0 Å². The van der Waals surface area contributed by atoms with Crippen molar-refractivity contribution in [2.45, 2.75) is 63.6 Å². The van der Waals surface area contributed by atoms with Gasteiger partial charge in [-0.3, -0.25) is 14.2 Å². The summed E-state index contributed by atoms with van der Waals surface area (Å²) in [5.41, 5.74) is 3.77. The van der Waals surface area contributed by atoms with E-state index in [2.05, 4.69) is 12.2 Å². The molecule has 162 valence electrons. The first-order chi connectivity index (χ1) is 15.1. The minimum Gasteiger partial charge on any atom is -0.325 e. The molecular weight excluding hydrogens is 406 g/mol. The Balaban J connectivity index is 1.60. The Morgan fingerprint density at radius 2 is 1.90 bits per heavy atom. The lowest BCUT2D eigenvalue weighted by Crippen LogP contribution is -2.29. The Morgan fingerprint density at radius 3 is 2.68 bits per heavy atom. The Kier molecular flexibility index (Phi) is 6.76. The summed E-state index contributed by atoms with van der Waals surface area (Å²) in [4.78, 5) is 30.9. The Labute approximate surface area is 187 Å². The highest BCUT2D eigenvalue weighted by Gasteiger charge is 2.22. The van der Waals surface area contributed by atoms with Crippen LogP contribution in [0.4, 0.5) is 5.69 Å². The number of nitrogens with zero attached hydrogens (tertiary/aromatic N) is 2. The van der Waals surface area contributed by atoms with Gasteiger partial charge < -0.3 is 5.32 Å². The molecule has 0 radical (unpaired) electrons. The third kappa shape index (κ3) is 4.69. The van der Waals surface area contributed by atoms with Crippen LogP contribution in [0.25, 0.3) is 10.9 Å². The normalized spacial score (nSPS) is 14.6. The smallest absolute Gasteiger partial charge is 0.262 e. The van der Waals surface area contributed by atoms with E-state index in [1.54, 1.807) is 0 Å². The first-order valence-electron chi connectivity index (χ1n) is 11.1. The van der Waals surface area contributed by atoms with Gasteiger partial charge in [-0.1, -0.05) is 68.3 Å². The second-order valence-electron chi connectivity index (χ2n) is 8.18. The summed E-state index contributed by atoms with van der Waals surface area (Å²) in [6, 6.07) is 13.7. The molecule has 3 aromatic rings. The van der Waals surface area contributed by atoms with Gasteiger partial charge in [0.1, 0.15) is 0 Å². The number of para-hydroxylation sites is 2. The maximum atomic E-state index is 13.3. The predicted molar refractivity (Wildman–Crippen MR) is 128 cm³/mol. The second-order valence-corrected chi connectivity index (χ2v) is 9.12. The zero-order valence-electron chi connectivity index (χ0n) is 18.2. The molecule has 1 saturated carbocycles. The van der Waals surface area contributed by atoms with Crippen molar-refractivity contribution >= 4 is 34.3 Å². The zero-order valence-corrected chi connectivity index (χ0v) is 19.0. The van der Waals surface area contributed by atoms with Crippen LogP contribution in [0.2, 0.25) is 0 Å². The van der Waals surface area contributed by atoms with Crippen molar-refractivity contribution in [3.05, 3.63) is 63.9 Å². The largest absolute Gasteiger partial charge is 0.325 e. The highest BCUT2D eigenvalue weighted by atomic mass is 32.2. The summed E-state index contributed by atoms with van der Waals surface area (Å²) in [5, 5.41) is 4.37.